The molecule has 1 amide bonds. The Labute approximate surface area is 202 Å². The molecule has 2 heterocycles. The highest BCUT2D eigenvalue weighted by molar-refractivity contribution is 14.0. The molecule has 1 aromatic carbocycles. The number of anilines is 1. The van der Waals surface area contributed by atoms with Crippen molar-refractivity contribution in [1.29, 1.82) is 0 Å². The summed E-state index contributed by atoms with van der Waals surface area (Å²) in [6.45, 7) is 7.51. The van der Waals surface area contributed by atoms with Gasteiger partial charge < -0.3 is 25.3 Å². The van der Waals surface area contributed by atoms with Gasteiger partial charge in [-0.25, -0.2) is 0 Å². The highest BCUT2D eigenvalue weighted by atomic mass is 127. The zero-order chi connectivity index (χ0) is 21.2. The standard InChI is InChI=1S/C23H33N5O2.HI/c1-18-10-14-28(15-11-18)13-4-12-25-23(24-2)26-17-19-6-8-20(9-7-19)27-22(29)21-5-3-16-30-21;/h3,5-9,16,18H,4,10-15,17H2,1-2H3,(H,27,29)(H2,24,25,26);1H. The summed E-state index contributed by atoms with van der Waals surface area (Å²) in [4.78, 5) is 18.9. The number of furan rings is 1. The molecule has 2 aromatic rings. The first-order valence-electron chi connectivity index (χ1n) is 10.7. The van der Waals surface area contributed by atoms with Crippen LogP contribution in [0.1, 0.15) is 42.3 Å². The van der Waals surface area contributed by atoms with Crippen molar-refractivity contribution in [2.45, 2.75) is 32.7 Å². The van der Waals surface area contributed by atoms with Gasteiger partial charge in [0.15, 0.2) is 11.7 Å². The molecule has 1 aliphatic rings. The van der Waals surface area contributed by atoms with Crippen LogP contribution in [0.3, 0.4) is 0 Å². The Morgan fingerprint density at radius 3 is 2.55 bits per heavy atom. The number of nitrogens with one attached hydrogen (secondary N) is 3. The minimum Gasteiger partial charge on any atom is -0.459 e. The van der Waals surface area contributed by atoms with Crippen molar-refractivity contribution < 1.29 is 9.21 Å². The van der Waals surface area contributed by atoms with E-state index in [0.29, 0.717) is 12.3 Å². The van der Waals surface area contributed by atoms with Crippen molar-refractivity contribution in [3.05, 3.63) is 54.0 Å². The number of guanidine groups is 1. The van der Waals surface area contributed by atoms with Gasteiger partial charge in [-0.15, -0.1) is 24.0 Å². The number of aliphatic imine (C=N–C) groups is 1. The first-order valence-corrected chi connectivity index (χ1v) is 10.7. The van der Waals surface area contributed by atoms with E-state index in [4.69, 9.17) is 4.42 Å². The molecule has 0 atom stereocenters. The number of rotatable bonds is 8. The van der Waals surface area contributed by atoms with Crippen LogP contribution in [0.15, 0.2) is 52.1 Å². The van der Waals surface area contributed by atoms with Crippen molar-refractivity contribution >= 4 is 41.5 Å². The van der Waals surface area contributed by atoms with Crippen LogP contribution in [-0.4, -0.2) is 50.0 Å². The lowest BCUT2D eigenvalue weighted by atomic mass is 9.99. The zero-order valence-corrected chi connectivity index (χ0v) is 20.7. The zero-order valence-electron chi connectivity index (χ0n) is 18.4. The number of hydrogen-bond acceptors (Lipinski definition) is 4. The van der Waals surface area contributed by atoms with Crippen LogP contribution in [0.5, 0.6) is 0 Å². The maximum absolute atomic E-state index is 12.0. The SMILES string of the molecule is CN=C(NCCCN1CCC(C)CC1)NCc1ccc(NC(=O)c2ccco2)cc1.I. The molecular formula is C23H34IN5O2. The molecule has 1 aliphatic heterocycles. The predicted octanol–water partition coefficient (Wildman–Crippen LogP) is 3.94. The normalized spacial score (nSPS) is 15.2. The summed E-state index contributed by atoms with van der Waals surface area (Å²) in [5.74, 6) is 1.72. The fourth-order valence-corrected chi connectivity index (χ4v) is 3.51. The third-order valence-corrected chi connectivity index (χ3v) is 5.46. The summed E-state index contributed by atoms with van der Waals surface area (Å²) in [6.07, 6.45) is 5.24. The number of hydrogen-bond donors (Lipinski definition) is 3. The van der Waals surface area contributed by atoms with Crippen LogP contribution in [0.4, 0.5) is 5.69 Å². The van der Waals surface area contributed by atoms with E-state index in [9.17, 15) is 4.79 Å². The van der Waals surface area contributed by atoms with E-state index < -0.39 is 0 Å². The third kappa shape index (κ3) is 8.53. The van der Waals surface area contributed by atoms with E-state index in [0.717, 1.165) is 42.6 Å². The quantitative estimate of drug-likeness (QED) is 0.205. The fraction of sp³-hybridized carbons (Fsp3) is 0.478. The van der Waals surface area contributed by atoms with Gasteiger partial charge in [0.1, 0.15) is 0 Å². The number of nitrogens with zero attached hydrogens (tertiary/aromatic N) is 2. The first-order chi connectivity index (χ1) is 14.6. The average Bonchev–Trinajstić information content (AvgIpc) is 3.31. The van der Waals surface area contributed by atoms with Gasteiger partial charge in [-0.2, -0.15) is 0 Å². The summed E-state index contributed by atoms with van der Waals surface area (Å²) in [5.41, 5.74) is 1.84. The number of carbonyl (C=O) groups is 1. The largest absolute Gasteiger partial charge is 0.459 e. The van der Waals surface area contributed by atoms with E-state index in [-0.39, 0.29) is 29.9 Å². The minimum absolute atomic E-state index is 0. The molecule has 1 aromatic heterocycles. The molecular weight excluding hydrogens is 505 g/mol. The van der Waals surface area contributed by atoms with Crippen molar-refractivity contribution in [1.82, 2.24) is 15.5 Å². The van der Waals surface area contributed by atoms with Gasteiger partial charge >= 0.3 is 0 Å². The van der Waals surface area contributed by atoms with Gasteiger partial charge in [0.05, 0.1) is 6.26 Å². The number of piperidine rings is 1. The van der Waals surface area contributed by atoms with Crippen LogP contribution in [0.2, 0.25) is 0 Å². The van der Waals surface area contributed by atoms with Gasteiger partial charge in [-0.1, -0.05) is 19.1 Å². The van der Waals surface area contributed by atoms with Gasteiger partial charge in [0, 0.05) is 25.8 Å². The summed E-state index contributed by atoms with van der Waals surface area (Å²) >= 11 is 0. The fourth-order valence-electron chi connectivity index (χ4n) is 3.51. The first kappa shape index (κ1) is 25.2. The maximum Gasteiger partial charge on any atom is 0.291 e. The highest BCUT2D eigenvalue weighted by Gasteiger charge is 2.14. The Balaban J connectivity index is 0.00000341. The molecule has 170 valence electrons. The smallest absolute Gasteiger partial charge is 0.291 e. The maximum atomic E-state index is 12.0. The predicted molar refractivity (Wildman–Crippen MR) is 136 cm³/mol. The molecule has 1 fully saturated rings. The third-order valence-electron chi connectivity index (χ3n) is 5.46. The van der Waals surface area contributed by atoms with Gasteiger partial charge in [0.25, 0.3) is 5.91 Å². The van der Waals surface area contributed by atoms with Crippen molar-refractivity contribution in [3.63, 3.8) is 0 Å². The van der Waals surface area contributed by atoms with Crippen LogP contribution < -0.4 is 16.0 Å². The second kappa shape index (κ2) is 13.4. The van der Waals surface area contributed by atoms with Gasteiger partial charge in [-0.05, 0) is 74.6 Å². The monoisotopic (exact) mass is 539 g/mol. The van der Waals surface area contributed by atoms with Crippen molar-refractivity contribution in [3.8, 4) is 0 Å². The molecule has 3 rings (SSSR count). The molecule has 7 nitrogen and oxygen atoms in total. The van der Waals surface area contributed by atoms with Crippen molar-refractivity contribution in [2.75, 3.05) is 38.5 Å². The molecule has 0 spiro atoms. The lowest BCUT2D eigenvalue weighted by Crippen LogP contribution is -2.39. The Kier molecular flexibility index (Phi) is 10.9. The summed E-state index contributed by atoms with van der Waals surface area (Å²) in [7, 11) is 1.79. The molecule has 0 radical (unpaired) electrons. The molecule has 3 N–H and O–H groups in total. The topological polar surface area (TPSA) is 81.9 Å². The summed E-state index contributed by atoms with van der Waals surface area (Å²) < 4.78 is 5.10. The number of amides is 1. The summed E-state index contributed by atoms with van der Waals surface area (Å²) in [5, 5.41) is 9.54. The lowest BCUT2D eigenvalue weighted by molar-refractivity contribution is 0.0996. The van der Waals surface area contributed by atoms with E-state index in [2.05, 4.69) is 32.8 Å². The molecule has 1 saturated heterocycles. The van der Waals surface area contributed by atoms with E-state index >= 15 is 0 Å². The van der Waals surface area contributed by atoms with Crippen LogP contribution >= 0.6 is 24.0 Å². The molecule has 31 heavy (non-hydrogen) atoms. The van der Waals surface area contributed by atoms with Gasteiger partial charge in [-0.3, -0.25) is 9.79 Å². The number of carbonyl (C=O) groups excluding carboxylic acids is 1. The lowest BCUT2D eigenvalue weighted by Gasteiger charge is -2.30. The molecule has 0 saturated carbocycles. The number of likely N-dealkylation sites (tertiary alicyclic amines) is 1. The van der Waals surface area contributed by atoms with Crippen LogP contribution in [-0.2, 0) is 6.54 Å². The van der Waals surface area contributed by atoms with Crippen LogP contribution in [0, 0.1) is 5.92 Å². The van der Waals surface area contributed by atoms with Crippen LogP contribution in [0.25, 0.3) is 0 Å². The highest BCUT2D eigenvalue weighted by Crippen LogP contribution is 2.15. The number of halogens is 1. The average molecular weight is 539 g/mol. The van der Waals surface area contributed by atoms with Gasteiger partial charge in [0.2, 0.25) is 0 Å². The minimum atomic E-state index is -0.255. The molecule has 0 bridgehead atoms. The Morgan fingerprint density at radius 1 is 1.16 bits per heavy atom. The van der Waals surface area contributed by atoms with E-state index in [1.54, 1.807) is 19.2 Å². The Hall–Kier alpha value is -2.07. The second-order valence-corrected chi connectivity index (χ2v) is 7.86. The molecule has 0 aliphatic carbocycles. The van der Waals surface area contributed by atoms with E-state index in [1.807, 2.05) is 24.3 Å². The number of benzene rings is 1. The van der Waals surface area contributed by atoms with E-state index in [1.165, 1.54) is 32.2 Å². The Bertz CT molecular complexity index is 800. The second-order valence-electron chi connectivity index (χ2n) is 7.86. The molecule has 0 unspecified atom stereocenters. The Morgan fingerprint density at radius 2 is 1.90 bits per heavy atom. The summed E-state index contributed by atoms with van der Waals surface area (Å²) in [6, 6.07) is 11.1. The molecule has 8 heteroatoms. The van der Waals surface area contributed by atoms with Crippen molar-refractivity contribution in [2.24, 2.45) is 10.9 Å².